The van der Waals surface area contributed by atoms with E-state index in [0.717, 1.165) is 25.1 Å². The molecule has 0 amide bonds. The lowest BCUT2D eigenvalue weighted by Gasteiger charge is -2.50. The van der Waals surface area contributed by atoms with Gasteiger partial charge in [-0.1, -0.05) is 6.92 Å². The van der Waals surface area contributed by atoms with E-state index in [0.29, 0.717) is 29.6 Å². The first-order valence-corrected chi connectivity index (χ1v) is 12.6. The van der Waals surface area contributed by atoms with E-state index < -0.39 is 10.3 Å². The van der Waals surface area contributed by atoms with E-state index >= 15 is 0 Å². The van der Waals surface area contributed by atoms with Gasteiger partial charge < -0.3 is 13.8 Å². The molecule has 3 aliphatic carbocycles. The standard InChI is InChI=1S/C23H32N2O4S/c1-23-9-8-17-18(20(23)6-7-22(23)28-11-10-25(2)3)5-4-15-13-21-16(12-19(15)17)14-24-30(26,27)29-21/h12-14,17-18,20,22H,4-11H2,1-3H3/t17-,18+,20-,22+,23-/m0/s1. The normalized spacial score (nSPS) is 35.9. The molecule has 1 heterocycles. The predicted molar refractivity (Wildman–Crippen MR) is 116 cm³/mol. The van der Waals surface area contributed by atoms with Crippen LogP contribution in [-0.2, 0) is 21.5 Å². The molecule has 0 saturated heterocycles. The highest BCUT2D eigenvalue weighted by molar-refractivity contribution is 7.86. The highest BCUT2D eigenvalue weighted by Gasteiger charge is 2.55. The number of nitrogens with zero attached hydrogens (tertiary/aromatic N) is 2. The zero-order chi connectivity index (χ0) is 21.1. The van der Waals surface area contributed by atoms with Gasteiger partial charge in [0.25, 0.3) is 0 Å². The van der Waals surface area contributed by atoms with E-state index in [2.05, 4.69) is 36.4 Å². The molecule has 164 valence electrons. The molecule has 0 bridgehead atoms. The van der Waals surface area contributed by atoms with Crippen molar-refractivity contribution in [2.24, 2.45) is 21.6 Å². The van der Waals surface area contributed by atoms with Gasteiger partial charge in [-0.2, -0.15) is 8.42 Å². The third-order valence-corrected chi connectivity index (χ3v) is 8.90. The molecule has 2 saturated carbocycles. The molecule has 6 nitrogen and oxygen atoms in total. The molecule has 2 fully saturated rings. The van der Waals surface area contributed by atoms with E-state index in [4.69, 9.17) is 8.92 Å². The Balaban J connectivity index is 1.38. The van der Waals surface area contributed by atoms with Gasteiger partial charge in [0.1, 0.15) is 0 Å². The summed E-state index contributed by atoms with van der Waals surface area (Å²) in [5.41, 5.74) is 3.70. The second-order valence-corrected chi connectivity index (χ2v) is 11.3. The van der Waals surface area contributed by atoms with Crippen molar-refractivity contribution in [1.29, 1.82) is 0 Å². The van der Waals surface area contributed by atoms with Gasteiger partial charge in [0.2, 0.25) is 0 Å². The van der Waals surface area contributed by atoms with Crippen LogP contribution in [0.1, 0.15) is 61.6 Å². The molecule has 5 rings (SSSR count). The summed E-state index contributed by atoms with van der Waals surface area (Å²) in [5, 5.41) is 0. The zero-order valence-corrected chi connectivity index (χ0v) is 19.0. The van der Waals surface area contributed by atoms with Crippen molar-refractivity contribution in [3.8, 4) is 5.75 Å². The molecule has 30 heavy (non-hydrogen) atoms. The van der Waals surface area contributed by atoms with Gasteiger partial charge in [0.05, 0.1) is 18.9 Å². The first kappa shape index (κ1) is 20.5. The van der Waals surface area contributed by atoms with E-state index in [9.17, 15) is 8.42 Å². The molecule has 0 aromatic heterocycles. The summed E-state index contributed by atoms with van der Waals surface area (Å²) in [4.78, 5) is 2.18. The number of ether oxygens (including phenoxy) is 1. The van der Waals surface area contributed by atoms with Gasteiger partial charge in [0.15, 0.2) is 5.75 Å². The molecular formula is C23H32N2O4S. The van der Waals surface area contributed by atoms with E-state index in [1.54, 1.807) is 0 Å². The lowest BCUT2D eigenvalue weighted by Crippen LogP contribution is -2.45. The fourth-order valence-electron chi connectivity index (χ4n) is 6.65. The van der Waals surface area contributed by atoms with Crippen LogP contribution in [-0.4, -0.2) is 52.9 Å². The molecule has 5 atom stereocenters. The zero-order valence-electron chi connectivity index (χ0n) is 18.1. The van der Waals surface area contributed by atoms with Crippen LogP contribution in [0.15, 0.2) is 16.5 Å². The minimum atomic E-state index is -3.83. The molecule has 0 radical (unpaired) electrons. The Morgan fingerprint density at radius 3 is 2.87 bits per heavy atom. The summed E-state index contributed by atoms with van der Waals surface area (Å²) in [6.07, 6.45) is 8.77. The number of aryl methyl sites for hydroxylation is 1. The third kappa shape index (κ3) is 3.39. The van der Waals surface area contributed by atoms with Gasteiger partial charge in [-0.15, -0.1) is 4.40 Å². The molecule has 0 spiro atoms. The first-order chi connectivity index (χ1) is 14.3. The number of likely N-dealkylation sites (N-methyl/N-ethyl adjacent to an activating group) is 1. The maximum Gasteiger partial charge on any atom is 0.428 e. The summed E-state index contributed by atoms with van der Waals surface area (Å²) >= 11 is 0. The monoisotopic (exact) mass is 432 g/mol. The Morgan fingerprint density at radius 2 is 2.07 bits per heavy atom. The van der Waals surface area contributed by atoms with Gasteiger partial charge in [0, 0.05) is 12.1 Å². The van der Waals surface area contributed by atoms with Crippen LogP contribution in [0.3, 0.4) is 0 Å². The van der Waals surface area contributed by atoms with Crippen LogP contribution < -0.4 is 4.18 Å². The van der Waals surface area contributed by atoms with Crippen molar-refractivity contribution in [3.05, 3.63) is 28.8 Å². The van der Waals surface area contributed by atoms with Gasteiger partial charge in [-0.3, -0.25) is 0 Å². The highest BCUT2D eigenvalue weighted by atomic mass is 32.2. The predicted octanol–water partition coefficient (Wildman–Crippen LogP) is 3.55. The van der Waals surface area contributed by atoms with Crippen molar-refractivity contribution in [1.82, 2.24) is 4.90 Å². The molecular weight excluding hydrogens is 400 g/mol. The Hall–Kier alpha value is -1.44. The average Bonchev–Trinajstić information content (AvgIpc) is 3.02. The Morgan fingerprint density at radius 1 is 1.23 bits per heavy atom. The minimum Gasteiger partial charge on any atom is -0.376 e. The first-order valence-electron chi connectivity index (χ1n) is 11.2. The fourth-order valence-corrected chi connectivity index (χ4v) is 7.31. The van der Waals surface area contributed by atoms with Crippen molar-refractivity contribution in [2.75, 3.05) is 27.2 Å². The number of hydrogen-bond donors (Lipinski definition) is 0. The summed E-state index contributed by atoms with van der Waals surface area (Å²) in [7, 11) is 0.356. The summed E-state index contributed by atoms with van der Waals surface area (Å²) in [5.74, 6) is 2.36. The Kier molecular flexibility index (Phi) is 4.99. The maximum absolute atomic E-state index is 11.7. The van der Waals surface area contributed by atoms with Crippen LogP contribution in [0.2, 0.25) is 0 Å². The van der Waals surface area contributed by atoms with Crippen LogP contribution in [0, 0.1) is 17.3 Å². The quantitative estimate of drug-likeness (QED) is 0.728. The number of rotatable bonds is 4. The molecule has 0 N–H and O–H groups in total. The molecule has 7 heteroatoms. The summed E-state index contributed by atoms with van der Waals surface area (Å²) in [6, 6.07) is 4.08. The summed E-state index contributed by atoms with van der Waals surface area (Å²) < 4.78 is 38.5. The minimum absolute atomic E-state index is 0.276. The topological polar surface area (TPSA) is 68.2 Å². The summed E-state index contributed by atoms with van der Waals surface area (Å²) in [6.45, 7) is 4.25. The van der Waals surface area contributed by atoms with Gasteiger partial charge in [-0.25, -0.2) is 0 Å². The van der Waals surface area contributed by atoms with Crippen LogP contribution >= 0.6 is 0 Å². The van der Waals surface area contributed by atoms with Crippen molar-refractivity contribution >= 4 is 16.5 Å². The van der Waals surface area contributed by atoms with Gasteiger partial charge in [-0.05, 0) is 99.0 Å². The van der Waals surface area contributed by atoms with Crippen molar-refractivity contribution in [3.63, 3.8) is 0 Å². The van der Waals surface area contributed by atoms with Crippen LogP contribution in [0.25, 0.3) is 0 Å². The Labute approximate surface area is 179 Å². The molecule has 1 aromatic rings. The fraction of sp³-hybridized carbons (Fsp3) is 0.696. The SMILES string of the molecule is CN(C)CCO[C@@H]1CC[C@H]2[C@@H]3CCc4cc5c(cc4[C@H]3CC[C@]12C)C=NS(=O)(=O)O5. The third-order valence-electron chi connectivity index (χ3n) is 8.14. The lowest BCUT2D eigenvalue weighted by atomic mass is 9.55. The maximum atomic E-state index is 11.7. The van der Waals surface area contributed by atoms with E-state index in [1.807, 2.05) is 6.07 Å². The molecule has 1 aliphatic heterocycles. The smallest absolute Gasteiger partial charge is 0.376 e. The highest BCUT2D eigenvalue weighted by Crippen LogP contribution is 2.61. The van der Waals surface area contributed by atoms with Crippen LogP contribution in [0.4, 0.5) is 0 Å². The lowest BCUT2D eigenvalue weighted by molar-refractivity contribution is -0.0661. The molecule has 1 aromatic carbocycles. The number of fused-ring (bicyclic) bond motifs is 6. The molecule has 4 aliphatic rings. The molecule has 0 unspecified atom stereocenters. The Bertz CT molecular complexity index is 974. The van der Waals surface area contributed by atoms with E-state index in [-0.39, 0.29) is 5.41 Å². The number of hydrogen-bond acceptors (Lipinski definition) is 5. The average molecular weight is 433 g/mol. The van der Waals surface area contributed by atoms with Gasteiger partial charge >= 0.3 is 10.3 Å². The second-order valence-electron chi connectivity index (χ2n) is 10.0. The van der Waals surface area contributed by atoms with Crippen LogP contribution in [0.5, 0.6) is 5.75 Å². The number of benzene rings is 1. The second kappa shape index (κ2) is 7.31. The van der Waals surface area contributed by atoms with Crippen molar-refractivity contribution in [2.45, 2.75) is 57.5 Å². The van der Waals surface area contributed by atoms with E-state index in [1.165, 1.54) is 49.4 Å². The van der Waals surface area contributed by atoms with Crippen molar-refractivity contribution < 1.29 is 17.3 Å². The largest absolute Gasteiger partial charge is 0.428 e.